The molecule has 3 nitrogen and oxygen atoms in total. The Kier molecular flexibility index (Phi) is 1.89. The van der Waals surface area contributed by atoms with Gasteiger partial charge in [0.15, 0.2) is 0 Å². The molecule has 0 aromatic heterocycles. The van der Waals surface area contributed by atoms with Crippen LogP contribution < -0.4 is 0 Å². The van der Waals surface area contributed by atoms with Gasteiger partial charge in [-0.2, -0.15) is 0 Å². The summed E-state index contributed by atoms with van der Waals surface area (Å²) >= 11 is 4.94. The number of nitrogens with zero attached hydrogens (tertiary/aromatic N) is 2. The smallest absolute Gasteiger partial charge is 0.324 e. The van der Waals surface area contributed by atoms with Crippen molar-refractivity contribution >= 4 is 23.2 Å². The maximum atomic E-state index is 11.1. The van der Waals surface area contributed by atoms with Crippen LogP contribution in [0.25, 0.3) is 0 Å². The van der Waals surface area contributed by atoms with Crippen molar-refractivity contribution in [1.29, 1.82) is 0 Å². The van der Waals surface area contributed by atoms with Crippen LogP contribution in [-0.4, -0.2) is 41.5 Å². The van der Waals surface area contributed by atoms with Gasteiger partial charge in [-0.15, -0.1) is 0 Å². The highest BCUT2D eigenvalue weighted by Gasteiger charge is 2.22. The number of urea groups is 1. The largest absolute Gasteiger partial charge is 0.327 e. The lowest BCUT2D eigenvalue weighted by Gasteiger charge is -2.30. The van der Waals surface area contributed by atoms with E-state index in [9.17, 15) is 4.79 Å². The SMILES string of the molecule is CN1CCC(=S)N(C)C1=O. The molecule has 0 unspecified atom stereocenters. The third-order valence-electron chi connectivity index (χ3n) is 1.65. The third kappa shape index (κ3) is 1.11. The summed E-state index contributed by atoms with van der Waals surface area (Å²) in [6, 6.07) is -0.00347. The van der Waals surface area contributed by atoms with Crippen molar-refractivity contribution in [3.8, 4) is 0 Å². The molecule has 0 aromatic carbocycles. The maximum absolute atomic E-state index is 11.1. The van der Waals surface area contributed by atoms with E-state index in [0.29, 0.717) is 0 Å². The Morgan fingerprint density at radius 3 is 2.60 bits per heavy atom. The molecular weight excluding hydrogens is 148 g/mol. The lowest BCUT2D eigenvalue weighted by Crippen LogP contribution is -2.47. The van der Waals surface area contributed by atoms with E-state index < -0.39 is 0 Å². The molecule has 0 aromatic rings. The minimum Gasteiger partial charge on any atom is -0.327 e. The van der Waals surface area contributed by atoms with Crippen LogP contribution in [-0.2, 0) is 0 Å². The van der Waals surface area contributed by atoms with Crippen molar-refractivity contribution in [1.82, 2.24) is 9.80 Å². The quantitative estimate of drug-likeness (QED) is 0.484. The number of hydrogen-bond donors (Lipinski definition) is 0. The number of amides is 2. The van der Waals surface area contributed by atoms with Gasteiger partial charge < -0.3 is 4.90 Å². The molecule has 0 N–H and O–H groups in total. The van der Waals surface area contributed by atoms with Crippen molar-refractivity contribution in [3.63, 3.8) is 0 Å². The first-order chi connectivity index (χ1) is 4.63. The Labute approximate surface area is 65.6 Å². The van der Waals surface area contributed by atoms with Crippen LogP contribution in [0.5, 0.6) is 0 Å². The molecule has 1 fully saturated rings. The van der Waals surface area contributed by atoms with Gasteiger partial charge in [-0.3, -0.25) is 4.90 Å². The molecule has 1 heterocycles. The summed E-state index contributed by atoms with van der Waals surface area (Å²) in [5.41, 5.74) is 0. The number of hydrogen-bond acceptors (Lipinski definition) is 2. The number of thiocarbonyl (C=S) groups is 1. The molecule has 0 bridgehead atoms. The number of carbonyl (C=O) groups excluding carboxylic acids is 1. The zero-order valence-corrected chi connectivity index (χ0v) is 6.94. The molecular formula is C6H10N2OS. The highest BCUT2D eigenvalue weighted by Crippen LogP contribution is 2.06. The second-order valence-corrected chi connectivity index (χ2v) is 2.88. The van der Waals surface area contributed by atoms with Gasteiger partial charge in [0.2, 0.25) is 0 Å². The van der Waals surface area contributed by atoms with Crippen LogP contribution in [0.15, 0.2) is 0 Å². The van der Waals surface area contributed by atoms with Gasteiger partial charge in [0.25, 0.3) is 0 Å². The van der Waals surface area contributed by atoms with Gasteiger partial charge >= 0.3 is 6.03 Å². The van der Waals surface area contributed by atoms with Crippen LogP contribution >= 0.6 is 12.2 Å². The molecule has 1 rings (SSSR count). The van der Waals surface area contributed by atoms with E-state index in [-0.39, 0.29) is 6.03 Å². The van der Waals surface area contributed by atoms with E-state index in [1.54, 1.807) is 19.0 Å². The first-order valence-electron chi connectivity index (χ1n) is 3.14. The van der Waals surface area contributed by atoms with Crippen molar-refractivity contribution in [2.24, 2.45) is 0 Å². The fourth-order valence-electron chi connectivity index (χ4n) is 0.889. The molecule has 2 amide bonds. The Morgan fingerprint density at radius 2 is 2.10 bits per heavy atom. The van der Waals surface area contributed by atoms with Gasteiger partial charge in [0.05, 0.1) is 4.99 Å². The summed E-state index contributed by atoms with van der Waals surface area (Å²) in [5, 5.41) is 0. The van der Waals surface area contributed by atoms with E-state index in [2.05, 4.69) is 0 Å². The molecule has 0 aliphatic carbocycles. The minimum absolute atomic E-state index is 0.00347. The Morgan fingerprint density at radius 1 is 1.50 bits per heavy atom. The summed E-state index contributed by atoms with van der Waals surface area (Å²) in [4.78, 5) is 15.0. The maximum Gasteiger partial charge on any atom is 0.324 e. The standard InChI is InChI=1S/C6H10N2OS/c1-7-4-3-5(10)8(2)6(7)9/h3-4H2,1-2H3. The van der Waals surface area contributed by atoms with Crippen molar-refractivity contribution in [2.45, 2.75) is 6.42 Å². The molecule has 0 atom stereocenters. The summed E-state index contributed by atoms with van der Waals surface area (Å²) in [7, 11) is 3.49. The third-order valence-corrected chi connectivity index (χ3v) is 2.13. The van der Waals surface area contributed by atoms with E-state index in [1.165, 1.54) is 4.90 Å². The second kappa shape index (κ2) is 2.54. The number of carbonyl (C=O) groups is 1. The number of rotatable bonds is 0. The predicted molar refractivity (Wildman–Crippen MR) is 43.0 cm³/mol. The first kappa shape index (κ1) is 7.47. The van der Waals surface area contributed by atoms with E-state index in [0.717, 1.165) is 18.0 Å². The zero-order valence-electron chi connectivity index (χ0n) is 6.13. The van der Waals surface area contributed by atoms with Gasteiger partial charge in [0, 0.05) is 27.1 Å². The first-order valence-corrected chi connectivity index (χ1v) is 3.55. The van der Waals surface area contributed by atoms with Gasteiger partial charge in [0.1, 0.15) is 0 Å². The van der Waals surface area contributed by atoms with E-state index in [1.807, 2.05) is 0 Å². The topological polar surface area (TPSA) is 23.6 Å². The van der Waals surface area contributed by atoms with E-state index >= 15 is 0 Å². The molecule has 1 aliphatic rings. The molecule has 0 spiro atoms. The highest BCUT2D eigenvalue weighted by molar-refractivity contribution is 7.80. The average Bonchev–Trinajstić information content (AvgIpc) is 1.93. The zero-order chi connectivity index (χ0) is 7.72. The molecule has 0 radical (unpaired) electrons. The van der Waals surface area contributed by atoms with Crippen LogP contribution in [0.1, 0.15) is 6.42 Å². The monoisotopic (exact) mass is 158 g/mol. The Hall–Kier alpha value is -0.640. The Balaban J connectivity index is 2.70. The summed E-state index contributed by atoms with van der Waals surface area (Å²) < 4.78 is 0. The minimum atomic E-state index is -0.00347. The summed E-state index contributed by atoms with van der Waals surface area (Å²) in [5.74, 6) is 0. The fourth-order valence-corrected chi connectivity index (χ4v) is 1.06. The van der Waals surface area contributed by atoms with Gasteiger partial charge in [-0.05, 0) is 0 Å². The van der Waals surface area contributed by atoms with Crippen LogP contribution in [0.4, 0.5) is 4.79 Å². The Bertz CT molecular complexity index is 181. The molecule has 0 saturated carbocycles. The molecule has 1 saturated heterocycles. The van der Waals surface area contributed by atoms with Crippen LogP contribution in [0, 0.1) is 0 Å². The predicted octanol–water partition coefficient (Wildman–Crippen LogP) is 0.701. The van der Waals surface area contributed by atoms with E-state index in [4.69, 9.17) is 12.2 Å². The normalized spacial score (nSPS) is 20.2. The lowest BCUT2D eigenvalue weighted by molar-refractivity contribution is 0.186. The van der Waals surface area contributed by atoms with Crippen molar-refractivity contribution < 1.29 is 4.79 Å². The van der Waals surface area contributed by atoms with Gasteiger partial charge in [-0.25, -0.2) is 4.79 Å². The summed E-state index contributed by atoms with van der Waals surface area (Å²) in [6.07, 6.45) is 0.814. The average molecular weight is 158 g/mol. The molecule has 1 aliphatic heterocycles. The highest BCUT2D eigenvalue weighted by atomic mass is 32.1. The molecule has 4 heteroatoms. The van der Waals surface area contributed by atoms with Crippen LogP contribution in [0.2, 0.25) is 0 Å². The lowest BCUT2D eigenvalue weighted by atomic mass is 10.3. The molecule has 56 valence electrons. The van der Waals surface area contributed by atoms with Crippen LogP contribution in [0.3, 0.4) is 0 Å². The van der Waals surface area contributed by atoms with Crippen molar-refractivity contribution in [2.75, 3.05) is 20.6 Å². The van der Waals surface area contributed by atoms with Gasteiger partial charge in [-0.1, -0.05) is 12.2 Å². The second-order valence-electron chi connectivity index (χ2n) is 2.41. The van der Waals surface area contributed by atoms with Crippen molar-refractivity contribution in [3.05, 3.63) is 0 Å². The molecule has 10 heavy (non-hydrogen) atoms. The fraction of sp³-hybridized carbons (Fsp3) is 0.667. The summed E-state index contributed by atoms with van der Waals surface area (Å²) in [6.45, 7) is 0.752.